The van der Waals surface area contributed by atoms with Gasteiger partial charge in [-0.15, -0.1) is 0 Å². The van der Waals surface area contributed by atoms with E-state index < -0.39 is 18.0 Å². The number of rotatable bonds is 5. The van der Waals surface area contributed by atoms with Crippen LogP contribution in [0.25, 0.3) is 16.8 Å². The summed E-state index contributed by atoms with van der Waals surface area (Å²) in [5, 5.41) is 10.0. The second kappa shape index (κ2) is 9.58. The Morgan fingerprint density at radius 1 is 0.944 bits per heavy atom. The summed E-state index contributed by atoms with van der Waals surface area (Å²) in [7, 11) is 1.31. The molecule has 182 valence electrons. The molecule has 8 heteroatoms. The first-order valence-corrected chi connectivity index (χ1v) is 11.5. The van der Waals surface area contributed by atoms with E-state index >= 15 is 0 Å². The molecule has 0 atom stereocenters. The van der Waals surface area contributed by atoms with Gasteiger partial charge in [-0.25, -0.2) is 14.4 Å². The van der Waals surface area contributed by atoms with Gasteiger partial charge >= 0.3 is 18.0 Å². The standard InChI is InChI=1S/C28H24N2O6/c1-35-27(33)23-15-25(30-11-6-5-9-24(23)30)21-13-19-10-12-29(16-20(19)14-22(21)26(31)32)28(34)36-17-18-7-3-2-4-8-18/h2-9,11,13-15H,10,12,16-17H2,1H3,(H,31,32). The van der Waals surface area contributed by atoms with Gasteiger partial charge < -0.3 is 23.9 Å². The molecular weight excluding hydrogens is 460 g/mol. The van der Waals surface area contributed by atoms with Crippen molar-refractivity contribution in [2.45, 2.75) is 19.6 Å². The Labute approximate surface area is 207 Å². The topological polar surface area (TPSA) is 97.5 Å². The van der Waals surface area contributed by atoms with Crippen molar-refractivity contribution in [1.82, 2.24) is 9.30 Å². The highest BCUT2D eigenvalue weighted by Gasteiger charge is 2.27. The fraction of sp³-hybridized carbons (Fsp3) is 0.179. The maximum Gasteiger partial charge on any atom is 0.410 e. The molecule has 1 N–H and O–H groups in total. The van der Waals surface area contributed by atoms with E-state index in [4.69, 9.17) is 9.47 Å². The van der Waals surface area contributed by atoms with Crippen LogP contribution in [-0.4, -0.2) is 46.1 Å². The largest absolute Gasteiger partial charge is 0.478 e. The molecule has 0 saturated carbocycles. The van der Waals surface area contributed by atoms with Gasteiger partial charge in [0.25, 0.3) is 0 Å². The molecule has 2 aromatic heterocycles. The van der Waals surface area contributed by atoms with Gasteiger partial charge in [0.2, 0.25) is 0 Å². The lowest BCUT2D eigenvalue weighted by Gasteiger charge is -2.29. The van der Waals surface area contributed by atoms with Gasteiger partial charge in [0.1, 0.15) is 6.61 Å². The first-order chi connectivity index (χ1) is 17.5. The SMILES string of the molecule is COC(=O)c1cc(-c2cc3c(cc2C(=O)O)CN(C(=O)OCc2ccccc2)CC3)n2ccccc12. The lowest BCUT2D eigenvalue weighted by molar-refractivity contribution is 0.0602. The number of aromatic nitrogens is 1. The first-order valence-electron chi connectivity index (χ1n) is 11.5. The van der Waals surface area contributed by atoms with Crippen LogP contribution in [0.4, 0.5) is 4.79 Å². The lowest BCUT2D eigenvalue weighted by Crippen LogP contribution is -2.36. The number of carboxylic acids is 1. The molecule has 3 heterocycles. The summed E-state index contributed by atoms with van der Waals surface area (Å²) in [6, 6.07) is 20.0. The molecule has 1 amide bonds. The minimum Gasteiger partial charge on any atom is -0.478 e. The zero-order chi connectivity index (χ0) is 25.2. The van der Waals surface area contributed by atoms with Crippen LogP contribution < -0.4 is 0 Å². The van der Waals surface area contributed by atoms with Gasteiger partial charge in [-0.2, -0.15) is 0 Å². The van der Waals surface area contributed by atoms with Gasteiger partial charge in [0, 0.05) is 24.8 Å². The van der Waals surface area contributed by atoms with Crippen molar-refractivity contribution in [2.75, 3.05) is 13.7 Å². The molecule has 0 saturated heterocycles. The summed E-state index contributed by atoms with van der Waals surface area (Å²) < 4.78 is 12.2. The number of ether oxygens (including phenoxy) is 2. The minimum absolute atomic E-state index is 0.0907. The quantitative estimate of drug-likeness (QED) is 0.409. The van der Waals surface area contributed by atoms with Crippen LogP contribution >= 0.6 is 0 Å². The number of amides is 1. The van der Waals surface area contributed by atoms with E-state index in [-0.39, 0.29) is 18.7 Å². The monoisotopic (exact) mass is 484 g/mol. The second-order valence-corrected chi connectivity index (χ2v) is 8.57. The van der Waals surface area contributed by atoms with E-state index in [0.29, 0.717) is 35.3 Å². The number of carbonyl (C=O) groups is 3. The van der Waals surface area contributed by atoms with E-state index in [9.17, 15) is 19.5 Å². The van der Waals surface area contributed by atoms with E-state index in [1.807, 2.05) is 48.5 Å². The van der Waals surface area contributed by atoms with Crippen LogP contribution in [-0.2, 0) is 29.0 Å². The van der Waals surface area contributed by atoms with E-state index in [1.54, 1.807) is 33.7 Å². The van der Waals surface area contributed by atoms with Crippen molar-refractivity contribution in [3.05, 3.63) is 101 Å². The predicted molar refractivity (Wildman–Crippen MR) is 132 cm³/mol. The number of carbonyl (C=O) groups excluding carboxylic acids is 2. The number of pyridine rings is 1. The van der Waals surface area contributed by atoms with Crippen LogP contribution in [0, 0.1) is 0 Å². The van der Waals surface area contributed by atoms with Crippen molar-refractivity contribution < 1.29 is 29.0 Å². The molecule has 0 radical (unpaired) electrons. The fourth-order valence-corrected chi connectivity index (χ4v) is 4.60. The highest BCUT2D eigenvalue weighted by atomic mass is 16.6. The van der Waals surface area contributed by atoms with Gasteiger partial charge in [-0.3, -0.25) is 0 Å². The van der Waals surface area contributed by atoms with Crippen LogP contribution in [0.15, 0.2) is 72.9 Å². The summed E-state index contributed by atoms with van der Waals surface area (Å²) in [6.07, 6.45) is 1.90. The van der Waals surface area contributed by atoms with Gasteiger partial charge in [0.05, 0.1) is 29.4 Å². The minimum atomic E-state index is -1.10. The Balaban J connectivity index is 1.47. The predicted octanol–water partition coefficient (Wildman–Crippen LogP) is 4.79. The molecule has 4 aromatic rings. The number of carboxylic acid groups (broad SMARTS) is 1. The van der Waals surface area contributed by atoms with Crippen LogP contribution in [0.3, 0.4) is 0 Å². The Kier molecular flexibility index (Phi) is 6.16. The number of hydrogen-bond acceptors (Lipinski definition) is 5. The van der Waals surface area contributed by atoms with Gasteiger partial charge in [0.15, 0.2) is 0 Å². The Morgan fingerprint density at radius 2 is 1.72 bits per heavy atom. The summed E-state index contributed by atoms with van der Waals surface area (Å²) in [6.45, 7) is 0.882. The molecule has 1 aliphatic rings. The van der Waals surface area contributed by atoms with Crippen molar-refractivity contribution >= 4 is 23.5 Å². The molecule has 5 rings (SSSR count). The number of esters is 1. The Hall–Kier alpha value is -4.59. The highest BCUT2D eigenvalue weighted by Crippen LogP contribution is 2.33. The van der Waals surface area contributed by atoms with Gasteiger partial charge in [-0.05, 0) is 53.4 Å². The summed E-state index contributed by atoms with van der Waals surface area (Å²) in [5.74, 6) is -1.59. The molecule has 1 aliphatic heterocycles. The summed E-state index contributed by atoms with van der Waals surface area (Å²) in [5.41, 5.74) is 4.75. The Bertz CT molecular complexity index is 1470. The van der Waals surface area contributed by atoms with Crippen molar-refractivity contribution in [3.8, 4) is 11.3 Å². The molecule has 8 nitrogen and oxygen atoms in total. The van der Waals surface area contributed by atoms with Crippen molar-refractivity contribution in [3.63, 3.8) is 0 Å². The van der Waals surface area contributed by atoms with Crippen LogP contribution in [0.1, 0.15) is 37.4 Å². The third kappa shape index (κ3) is 4.29. The molecule has 36 heavy (non-hydrogen) atoms. The second-order valence-electron chi connectivity index (χ2n) is 8.57. The zero-order valence-electron chi connectivity index (χ0n) is 19.6. The van der Waals surface area contributed by atoms with Crippen LogP contribution in [0.5, 0.6) is 0 Å². The number of aromatic carboxylic acids is 1. The molecular formula is C28H24N2O6. The highest BCUT2D eigenvalue weighted by molar-refractivity contribution is 6.02. The summed E-state index contributed by atoms with van der Waals surface area (Å²) in [4.78, 5) is 38.9. The van der Waals surface area contributed by atoms with Crippen molar-refractivity contribution in [1.29, 1.82) is 0 Å². The van der Waals surface area contributed by atoms with Crippen LogP contribution in [0.2, 0.25) is 0 Å². The Morgan fingerprint density at radius 3 is 2.47 bits per heavy atom. The maximum absolute atomic E-state index is 12.7. The van der Waals surface area contributed by atoms with E-state index in [0.717, 1.165) is 16.7 Å². The number of nitrogens with zero attached hydrogens (tertiary/aromatic N) is 2. The smallest absolute Gasteiger partial charge is 0.410 e. The molecule has 0 fully saturated rings. The number of benzene rings is 2. The molecule has 0 bridgehead atoms. The average molecular weight is 485 g/mol. The molecule has 0 aliphatic carbocycles. The zero-order valence-corrected chi connectivity index (χ0v) is 19.6. The van der Waals surface area contributed by atoms with E-state index in [1.165, 1.54) is 7.11 Å². The number of methoxy groups -OCH3 is 1. The molecule has 0 spiro atoms. The van der Waals surface area contributed by atoms with Crippen molar-refractivity contribution in [2.24, 2.45) is 0 Å². The first kappa shape index (κ1) is 23.2. The summed E-state index contributed by atoms with van der Waals surface area (Å²) >= 11 is 0. The van der Waals surface area contributed by atoms with E-state index in [2.05, 4.69) is 0 Å². The fourth-order valence-electron chi connectivity index (χ4n) is 4.60. The van der Waals surface area contributed by atoms with Gasteiger partial charge in [-0.1, -0.05) is 36.4 Å². The maximum atomic E-state index is 12.7. The normalized spacial score (nSPS) is 12.8. The lowest BCUT2D eigenvalue weighted by atomic mass is 9.92. The third-order valence-corrected chi connectivity index (χ3v) is 6.40. The number of fused-ring (bicyclic) bond motifs is 2. The number of hydrogen-bond donors (Lipinski definition) is 1. The average Bonchev–Trinajstić information content (AvgIpc) is 3.30. The molecule has 0 unspecified atom stereocenters. The molecule has 2 aromatic carbocycles. The third-order valence-electron chi connectivity index (χ3n) is 6.40.